The molecule has 2 fully saturated rings. The number of hydrogen-bond donors (Lipinski definition) is 2. The Kier molecular flexibility index (Phi) is 10.1. The molecule has 1 aliphatic heterocycles. The molecular formula is C20H35F2IN6. The van der Waals surface area contributed by atoms with Crippen LogP contribution in [0.2, 0.25) is 0 Å². The van der Waals surface area contributed by atoms with Crippen LogP contribution in [-0.4, -0.2) is 52.1 Å². The monoisotopic (exact) mass is 524 g/mol. The lowest BCUT2D eigenvalue weighted by molar-refractivity contribution is 0.0368. The van der Waals surface area contributed by atoms with E-state index >= 15 is 0 Å². The van der Waals surface area contributed by atoms with Crippen LogP contribution in [0.5, 0.6) is 0 Å². The molecule has 2 heterocycles. The molecule has 0 amide bonds. The normalized spacial score (nSPS) is 20.3. The van der Waals surface area contributed by atoms with Crippen LogP contribution in [0.25, 0.3) is 0 Å². The maximum absolute atomic E-state index is 13.0. The third-order valence-corrected chi connectivity index (χ3v) is 6.08. The Morgan fingerprint density at radius 2 is 1.83 bits per heavy atom. The Bertz CT molecular complexity index is 624. The molecule has 1 saturated heterocycles. The van der Waals surface area contributed by atoms with Crippen LogP contribution < -0.4 is 10.6 Å². The largest absolute Gasteiger partial charge is 0.357 e. The van der Waals surface area contributed by atoms with Crippen molar-refractivity contribution in [3.05, 3.63) is 18.2 Å². The third kappa shape index (κ3) is 6.50. The topological polar surface area (TPSA) is 57.5 Å². The van der Waals surface area contributed by atoms with Crippen LogP contribution in [0.3, 0.4) is 0 Å². The number of guanidine groups is 1. The highest BCUT2D eigenvalue weighted by molar-refractivity contribution is 14.0. The number of imidazole rings is 1. The summed E-state index contributed by atoms with van der Waals surface area (Å²) in [7, 11) is 0. The lowest BCUT2D eigenvalue weighted by Crippen LogP contribution is -2.59. The minimum atomic E-state index is -2.59. The highest BCUT2D eigenvalue weighted by Gasteiger charge is 2.38. The quantitative estimate of drug-likeness (QED) is 0.320. The van der Waals surface area contributed by atoms with E-state index in [0.29, 0.717) is 5.96 Å². The van der Waals surface area contributed by atoms with Gasteiger partial charge in [0, 0.05) is 31.0 Å². The molecule has 0 bridgehead atoms. The minimum Gasteiger partial charge on any atom is -0.357 e. The van der Waals surface area contributed by atoms with Crippen LogP contribution in [0.4, 0.5) is 8.78 Å². The van der Waals surface area contributed by atoms with Crippen molar-refractivity contribution in [2.75, 3.05) is 26.2 Å². The number of aliphatic imine (C=N–C) groups is 1. The van der Waals surface area contributed by atoms with Gasteiger partial charge in [-0.15, -0.1) is 24.0 Å². The number of aromatic nitrogens is 2. The molecule has 0 radical (unpaired) electrons. The molecule has 2 aliphatic rings. The molecule has 0 aromatic carbocycles. The van der Waals surface area contributed by atoms with E-state index in [2.05, 4.69) is 25.5 Å². The van der Waals surface area contributed by atoms with Gasteiger partial charge < -0.3 is 10.6 Å². The molecule has 1 aliphatic carbocycles. The number of piperidine rings is 1. The molecule has 0 spiro atoms. The second-order valence-corrected chi connectivity index (χ2v) is 7.91. The maximum Gasteiger partial charge on any atom is 0.319 e. The first kappa shape index (κ1) is 24.3. The Morgan fingerprint density at radius 1 is 1.14 bits per heavy atom. The number of hydrogen-bond acceptors (Lipinski definition) is 3. The fourth-order valence-corrected chi connectivity index (χ4v) is 4.57. The number of rotatable bonds is 7. The van der Waals surface area contributed by atoms with Crippen LogP contribution in [0.15, 0.2) is 17.4 Å². The Hall–Kier alpha value is -0.970. The molecule has 6 nitrogen and oxygen atoms in total. The first-order valence-corrected chi connectivity index (χ1v) is 10.7. The van der Waals surface area contributed by atoms with Crippen molar-refractivity contribution in [2.24, 2.45) is 4.99 Å². The second kappa shape index (κ2) is 12.0. The molecule has 29 heavy (non-hydrogen) atoms. The van der Waals surface area contributed by atoms with Crippen molar-refractivity contribution in [3.63, 3.8) is 0 Å². The van der Waals surface area contributed by atoms with Crippen LogP contribution in [0.1, 0.15) is 70.7 Å². The Labute approximate surface area is 189 Å². The lowest BCUT2D eigenvalue weighted by atomic mass is 9.79. The van der Waals surface area contributed by atoms with Crippen LogP contribution >= 0.6 is 24.0 Å². The first-order valence-electron chi connectivity index (χ1n) is 10.7. The van der Waals surface area contributed by atoms with E-state index in [9.17, 15) is 8.78 Å². The van der Waals surface area contributed by atoms with Gasteiger partial charge in [-0.2, -0.15) is 8.78 Å². The van der Waals surface area contributed by atoms with Gasteiger partial charge in [-0.1, -0.05) is 25.7 Å². The van der Waals surface area contributed by atoms with Gasteiger partial charge in [0.25, 0.3) is 0 Å². The van der Waals surface area contributed by atoms with Gasteiger partial charge >= 0.3 is 6.55 Å². The average Bonchev–Trinajstić information content (AvgIpc) is 3.20. The van der Waals surface area contributed by atoms with Gasteiger partial charge in [-0.3, -0.25) is 9.47 Å². The molecule has 9 heteroatoms. The van der Waals surface area contributed by atoms with Gasteiger partial charge in [0.05, 0.1) is 0 Å². The van der Waals surface area contributed by atoms with Crippen molar-refractivity contribution in [3.8, 4) is 0 Å². The number of halogens is 3. The van der Waals surface area contributed by atoms with E-state index in [1.54, 1.807) is 0 Å². The van der Waals surface area contributed by atoms with E-state index in [0.717, 1.165) is 17.7 Å². The smallest absolute Gasteiger partial charge is 0.319 e. The molecule has 0 unspecified atom stereocenters. The zero-order valence-electron chi connectivity index (χ0n) is 17.4. The van der Waals surface area contributed by atoms with Gasteiger partial charge in [0.15, 0.2) is 5.96 Å². The molecule has 166 valence electrons. The SMILES string of the molecule is CCNC(=NCc1nccn1C(F)F)NCC1(N2CCCCC2)CCCCC1.I. The van der Waals surface area contributed by atoms with Gasteiger partial charge in [-0.05, 0) is 45.7 Å². The number of nitrogens with one attached hydrogen (secondary N) is 2. The summed E-state index contributed by atoms with van der Waals surface area (Å²) in [6.07, 6.45) is 12.9. The molecular weight excluding hydrogens is 489 g/mol. The summed E-state index contributed by atoms with van der Waals surface area (Å²) in [5.41, 5.74) is 0.191. The summed E-state index contributed by atoms with van der Waals surface area (Å²) in [6.45, 7) is 3.49. The molecule has 1 aromatic rings. The van der Waals surface area contributed by atoms with E-state index < -0.39 is 6.55 Å². The fraction of sp³-hybridized carbons (Fsp3) is 0.800. The third-order valence-electron chi connectivity index (χ3n) is 6.08. The highest BCUT2D eigenvalue weighted by Crippen LogP contribution is 2.35. The molecule has 3 rings (SSSR count). The predicted octanol–water partition coefficient (Wildman–Crippen LogP) is 4.14. The maximum atomic E-state index is 13.0. The minimum absolute atomic E-state index is 0. The predicted molar refractivity (Wildman–Crippen MR) is 123 cm³/mol. The van der Waals surface area contributed by atoms with Crippen LogP contribution in [-0.2, 0) is 6.54 Å². The van der Waals surface area contributed by atoms with Crippen molar-refractivity contribution in [1.82, 2.24) is 25.1 Å². The van der Waals surface area contributed by atoms with E-state index in [1.165, 1.54) is 76.8 Å². The first-order chi connectivity index (χ1) is 13.6. The number of alkyl halides is 2. The summed E-state index contributed by atoms with van der Waals surface area (Å²) < 4.78 is 26.9. The molecule has 2 N–H and O–H groups in total. The Morgan fingerprint density at radius 3 is 2.48 bits per heavy atom. The van der Waals surface area contributed by atoms with E-state index in [4.69, 9.17) is 0 Å². The van der Waals surface area contributed by atoms with E-state index in [1.807, 2.05) is 6.92 Å². The average molecular weight is 524 g/mol. The summed E-state index contributed by atoms with van der Waals surface area (Å²) in [6, 6.07) is 0. The number of likely N-dealkylation sites (tertiary alicyclic amines) is 1. The van der Waals surface area contributed by atoms with Crippen molar-refractivity contribution in [2.45, 2.75) is 76.9 Å². The number of nitrogens with zero attached hydrogens (tertiary/aromatic N) is 4. The molecule has 0 atom stereocenters. The summed E-state index contributed by atoms with van der Waals surface area (Å²) >= 11 is 0. The van der Waals surface area contributed by atoms with Crippen molar-refractivity contribution >= 4 is 29.9 Å². The second-order valence-electron chi connectivity index (χ2n) is 7.91. The standard InChI is InChI=1S/C20H34F2N6.HI/c1-2-23-19(25-15-17-24-11-14-28(17)18(21)22)26-16-20(9-5-3-6-10-20)27-12-7-4-8-13-27;/h11,14,18H,2-10,12-13,15-16H2,1H3,(H2,23,25,26);1H. The lowest BCUT2D eigenvalue weighted by Gasteiger charge is -2.48. The van der Waals surface area contributed by atoms with Gasteiger partial charge in [-0.25, -0.2) is 9.98 Å². The fourth-order valence-electron chi connectivity index (χ4n) is 4.57. The molecule has 1 saturated carbocycles. The molecule has 1 aromatic heterocycles. The summed E-state index contributed by atoms with van der Waals surface area (Å²) in [5.74, 6) is 0.948. The van der Waals surface area contributed by atoms with Crippen molar-refractivity contribution in [1.29, 1.82) is 0 Å². The van der Waals surface area contributed by atoms with Crippen molar-refractivity contribution < 1.29 is 8.78 Å². The highest BCUT2D eigenvalue weighted by atomic mass is 127. The zero-order valence-corrected chi connectivity index (χ0v) is 19.7. The Balaban J connectivity index is 0.00000300. The zero-order chi connectivity index (χ0) is 19.8. The van der Waals surface area contributed by atoms with Gasteiger partial charge in [0.2, 0.25) is 0 Å². The van der Waals surface area contributed by atoms with Crippen LogP contribution in [0, 0.1) is 0 Å². The van der Waals surface area contributed by atoms with E-state index in [-0.39, 0.29) is 41.9 Å². The summed E-state index contributed by atoms with van der Waals surface area (Å²) in [4.78, 5) is 11.2. The summed E-state index contributed by atoms with van der Waals surface area (Å²) in [5, 5.41) is 6.76. The van der Waals surface area contributed by atoms with Gasteiger partial charge in [0.1, 0.15) is 12.4 Å².